The Kier molecular flexibility index (Phi) is 7.28. The summed E-state index contributed by atoms with van der Waals surface area (Å²) in [7, 11) is 0. The van der Waals surface area contributed by atoms with Crippen molar-refractivity contribution < 1.29 is 4.79 Å². The van der Waals surface area contributed by atoms with Gasteiger partial charge in [-0.3, -0.25) is 19.1 Å². The highest BCUT2D eigenvalue weighted by Gasteiger charge is 2.24. The molecule has 0 spiro atoms. The molecule has 1 atom stereocenters. The molecule has 3 heterocycles. The third kappa shape index (κ3) is 5.58. The maximum absolute atomic E-state index is 13.8. The lowest BCUT2D eigenvalue weighted by molar-refractivity contribution is -0.119. The molecule has 1 amide bonds. The first kappa shape index (κ1) is 26.4. The van der Waals surface area contributed by atoms with Gasteiger partial charge in [0.25, 0.3) is 5.56 Å². The van der Waals surface area contributed by atoms with E-state index in [2.05, 4.69) is 25.6 Å². The number of carbonyl (C=O) groups is 1. The topological polar surface area (TPSA) is 108 Å². The molecule has 0 fully saturated rings. The van der Waals surface area contributed by atoms with Crippen LogP contribution in [0.1, 0.15) is 11.6 Å². The molecule has 202 valence electrons. The Labute approximate surface area is 244 Å². The zero-order valence-corrected chi connectivity index (χ0v) is 22.9. The maximum atomic E-state index is 13.8. The number of benzene rings is 3. The lowest BCUT2D eigenvalue weighted by Gasteiger charge is -2.20. The van der Waals surface area contributed by atoms with E-state index in [1.54, 1.807) is 30.6 Å². The van der Waals surface area contributed by atoms with Gasteiger partial charge in [-0.1, -0.05) is 64.8 Å². The number of pyridine rings is 1. The van der Waals surface area contributed by atoms with Gasteiger partial charge in [-0.05, 0) is 48.0 Å². The van der Waals surface area contributed by atoms with Crippen LogP contribution in [0.4, 0.5) is 5.69 Å². The third-order valence-electron chi connectivity index (χ3n) is 6.60. The van der Waals surface area contributed by atoms with Gasteiger partial charge in [0.1, 0.15) is 6.04 Å². The summed E-state index contributed by atoms with van der Waals surface area (Å²) in [5, 5.41) is 12.3. The first-order chi connectivity index (χ1) is 20.0. The fraction of sp³-hybridized carbons (Fsp3) is 0.0667. The number of hydrogen-bond donors (Lipinski definition) is 1. The lowest BCUT2D eigenvalue weighted by Crippen LogP contribution is -2.34. The summed E-state index contributed by atoms with van der Waals surface area (Å²) in [6, 6.07) is 24.3. The minimum absolute atomic E-state index is 0.214. The number of hydrogen-bond acceptors (Lipinski definition) is 6. The highest BCUT2D eigenvalue weighted by molar-refractivity contribution is 6.31. The first-order valence-corrected chi connectivity index (χ1v) is 13.4. The molecule has 6 aromatic rings. The second-order valence-corrected chi connectivity index (χ2v) is 10.1. The largest absolute Gasteiger partial charge is 0.324 e. The molecule has 0 aliphatic carbocycles. The SMILES string of the molecule is O=C(Nc1cccc2ncccc12)C(Cc1ccccc1)n1cnc(-c2cc(Cl)ccc2-n2cc(Cl)nn2)cc1=O. The zero-order chi connectivity index (χ0) is 28.3. The van der Waals surface area contributed by atoms with Crippen molar-refractivity contribution in [2.45, 2.75) is 12.5 Å². The van der Waals surface area contributed by atoms with Crippen molar-refractivity contribution in [3.8, 4) is 16.9 Å². The summed E-state index contributed by atoms with van der Waals surface area (Å²) >= 11 is 12.3. The van der Waals surface area contributed by atoms with Crippen LogP contribution in [0.3, 0.4) is 0 Å². The van der Waals surface area contributed by atoms with Crippen molar-refractivity contribution in [2.75, 3.05) is 5.32 Å². The minimum atomic E-state index is -0.883. The summed E-state index contributed by atoms with van der Waals surface area (Å²) in [5.41, 5.74) is 3.33. The van der Waals surface area contributed by atoms with Crippen LogP contribution in [0.25, 0.3) is 27.8 Å². The highest BCUT2D eigenvalue weighted by atomic mass is 35.5. The van der Waals surface area contributed by atoms with Gasteiger partial charge >= 0.3 is 0 Å². The number of amides is 1. The number of halogens is 2. The Morgan fingerprint density at radius 3 is 2.56 bits per heavy atom. The predicted octanol–water partition coefficient (Wildman–Crippen LogP) is 5.77. The Morgan fingerprint density at radius 1 is 0.927 bits per heavy atom. The van der Waals surface area contributed by atoms with Crippen LogP contribution in [-0.2, 0) is 11.2 Å². The van der Waals surface area contributed by atoms with Crippen molar-refractivity contribution in [2.24, 2.45) is 0 Å². The van der Waals surface area contributed by atoms with E-state index in [1.165, 1.54) is 21.6 Å². The molecule has 0 saturated heterocycles. The van der Waals surface area contributed by atoms with Crippen LogP contribution >= 0.6 is 23.2 Å². The van der Waals surface area contributed by atoms with Gasteiger partial charge in [0.15, 0.2) is 5.15 Å². The average Bonchev–Trinajstić information content (AvgIpc) is 3.42. The normalized spacial score (nSPS) is 11.9. The second-order valence-electron chi connectivity index (χ2n) is 9.24. The average molecular weight is 582 g/mol. The molecule has 0 bridgehead atoms. The van der Waals surface area contributed by atoms with Gasteiger partial charge in [-0.25, -0.2) is 9.67 Å². The molecule has 3 aromatic carbocycles. The van der Waals surface area contributed by atoms with E-state index in [0.717, 1.165) is 16.5 Å². The standard InChI is InChI=1S/C30H21Cl2N7O2/c31-20-11-12-26(39-17-28(32)36-37-39)22(15-20)25-16-29(40)38(18-34-25)27(14-19-6-2-1-3-7-19)30(41)35-24-10-4-9-23-21(24)8-5-13-33-23/h1-13,15-18,27H,14H2,(H,35,41). The number of fused-ring (bicyclic) bond motifs is 1. The van der Waals surface area contributed by atoms with Gasteiger partial charge in [-0.2, -0.15) is 0 Å². The van der Waals surface area contributed by atoms with Gasteiger partial charge in [0.2, 0.25) is 5.91 Å². The van der Waals surface area contributed by atoms with E-state index < -0.39 is 11.6 Å². The number of nitrogens with zero attached hydrogens (tertiary/aromatic N) is 6. The molecule has 0 aliphatic rings. The summed E-state index contributed by atoms with van der Waals surface area (Å²) in [4.78, 5) is 36.3. The van der Waals surface area contributed by atoms with Crippen molar-refractivity contribution in [3.63, 3.8) is 0 Å². The third-order valence-corrected chi connectivity index (χ3v) is 7.00. The quantitative estimate of drug-likeness (QED) is 0.256. The second kappa shape index (κ2) is 11.3. The molecule has 0 saturated carbocycles. The molecule has 1 unspecified atom stereocenters. The summed E-state index contributed by atoms with van der Waals surface area (Å²) in [6.07, 6.45) is 4.89. The molecular weight excluding hydrogens is 561 g/mol. The Bertz CT molecular complexity index is 1930. The molecule has 0 aliphatic heterocycles. The highest BCUT2D eigenvalue weighted by Crippen LogP contribution is 2.29. The molecule has 41 heavy (non-hydrogen) atoms. The Morgan fingerprint density at radius 2 is 1.78 bits per heavy atom. The Hall–Kier alpha value is -4.86. The monoisotopic (exact) mass is 581 g/mol. The van der Waals surface area contributed by atoms with Crippen molar-refractivity contribution in [1.29, 1.82) is 0 Å². The fourth-order valence-electron chi connectivity index (χ4n) is 4.65. The van der Waals surface area contributed by atoms with E-state index in [4.69, 9.17) is 23.2 Å². The van der Waals surface area contributed by atoms with Gasteiger partial charge < -0.3 is 5.32 Å². The Balaban J connectivity index is 1.39. The van der Waals surface area contributed by atoms with E-state index in [1.807, 2.05) is 60.7 Å². The predicted molar refractivity (Wildman–Crippen MR) is 158 cm³/mol. The zero-order valence-electron chi connectivity index (χ0n) is 21.4. The van der Waals surface area contributed by atoms with E-state index >= 15 is 0 Å². The van der Waals surface area contributed by atoms with Gasteiger partial charge in [-0.15, -0.1) is 5.10 Å². The van der Waals surface area contributed by atoms with Crippen LogP contribution < -0.4 is 10.9 Å². The van der Waals surface area contributed by atoms with Crippen LogP contribution in [-0.4, -0.2) is 35.4 Å². The number of anilines is 1. The van der Waals surface area contributed by atoms with Gasteiger partial charge in [0, 0.05) is 34.7 Å². The van der Waals surface area contributed by atoms with E-state index in [0.29, 0.717) is 27.7 Å². The molecule has 11 heteroatoms. The van der Waals surface area contributed by atoms with Crippen LogP contribution in [0.5, 0.6) is 0 Å². The van der Waals surface area contributed by atoms with Crippen LogP contribution in [0, 0.1) is 0 Å². The molecule has 0 radical (unpaired) electrons. The smallest absolute Gasteiger partial charge is 0.254 e. The summed E-state index contributed by atoms with van der Waals surface area (Å²) in [6.45, 7) is 0. The van der Waals surface area contributed by atoms with Crippen LogP contribution in [0.15, 0.2) is 108 Å². The van der Waals surface area contributed by atoms with E-state index in [-0.39, 0.29) is 17.5 Å². The molecular formula is C30H21Cl2N7O2. The number of aromatic nitrogens is 6. The lowest BCUT2D eigenvalue weighted by atomic mass is 10.0. The molecule has 9 nitrogen and oxygen atoms in total. The van der Waals surface area contributed by atoms with Crippen LogP contribution in [0.2, 0.25) is 10.2 Å². The minimum Gasteiger partial charge on any atom is -0.324 e. The van der Waals surface area contributed by atoms with Crippen molar-refractivity contribution in [1.82, 2.24) is 29.5 Å². The van der Waals surface area contributed by atoms with Crippen molar-refractivity contribution in [3.05, 3.63) is 130 Å². The maximum Gasteiger partial charge on any atom is 0.254 e. The summed E-state index contributed by atoms with van der Waals surface area (Å²) in [5.74, 6) is -0.359. The molecule has 6 rings (SSSR count). The van der Waals surface area contributed by atoms with E-state index in [9.17, 15) is 9.59 Å². The molecule has 1 N–H and O–H groups in total. The van der Waals surface area contributed by atoms with Crippen molar-refractivity contribution >= 4 is 45.7 Å². The fourth-order valence-corrected chi connectivity index (χ4v) is 4.95. The first-order valence-electron chi connectivity index (χ1n) is 12.6. The molecule has 3 aromatic heterocycles. The van der Waals surface area contributed by atoms with Gasteiger partial charge in [0.05, 0.1) is 35.1 Å². The number of carbonyl (C=O) groups excluding carboxylic acids is 1. The summed E-state index contributed by atoms with van der Waals surface area (Å²) < 4.78 is 2.82. The number of rotatable bonds is 7. The number of nitrogens with one attached hydrogen (secondary N) is 1.